The molecule has 3 heterocycles. The van der Waals surface area contributed by atoms with E-state index in [1.807, 2.05) is 44.0 Å². The first kappa shape index (κ1) is 34.8. The van der Waals surface area contributed by atoms with Crippen LogP contribution in [0.25, 0.3) is 22.2 Å². The fourth-order valence-corrected chi connectivity index (χ4v) is 8.86. The zero-order valence-electron chi connectivity index (χ0n) is 29.9. The minimum Gasteiger partial charge on any atom is -0.497 e. The number of carbonyl (C=O) groups excluding carboxylic acids is 2. The lowest BCUT2D eigenvalue weighted by atomic mass is 9.81. The van der Waals surface area contributed by atoms with Gasteiger partial charge in [-0.2, -0.15) is 5.06 Å². The molecule has 2 atom stereocenters. The van der Waals surface area contributed by atoms with Crippen LogP contribution in [0.1, 0.15) is 99.0 Å². The van der Waals surface area contributed by atoms with Crippen molar-refractivity contribution < 1.29 is 32.3 Å². The molecular weight excluding hydrogens is 657 g/mol. The number of aromatic nitrogens is 1. The van der Waals surface area contributed by atoms with Crippen LogP contribution in [-0.2, 0) is 26.1 Å². The van der Waals surface area contributed by atoms with Gasteiger partial charge in [-0.05, 0) is 99.7 Å². The van der Waals surface area contributed by atoms with E-state index in [1.165, 1.54) is 41.6 Å². The van der Waals surface area contributed by atoms with Gasteiger partial charge >= 0.3 is 6.09 Å². The number of methoxy groups -OCH3 is 1. The van der Waals surface area contributed by atoms with Crippen molar-refractivity contribution in [3.05, 3.63) is 53.1 Å². The summed E-state index contributed by atoms with van der Waals surface area (Å²) < 4.78 is 39.9. The predicted octanol–water partition coefficient (Wildman–Crippen LogP) is 6.42. The molecule has 3 fully saturated rings. The highest BCUT2D eigenvalue weighted by molar-refractivity contribution is 7.89. The van der Waals surface area contributed by atoms with Gasteiger partial charge in [0.15, 0.2) is 0 Å². The number of hydroxylamine groups is 2. The number of fused-ring (bicyclic) bond motifs is 7. The predicted molar refractivity (Wildman–Crippen MR) is 192 cm³/mol. The Kier molecular flexibility index (Phi) is 9.18. The number of hydrogen-bond donors (Lipinski definition) is 1. The summed E-state index contributed by atoms with van der Waals surface area (Å²) in [6.45, 7) is 9.30. The quantitative estimate of drug-likeness (QED) is 0.299. The van der Waals surface area contributed by atoms with E-state index in [0.29, 0.717) is 50.8 Å². The van der Waals surface area contributed by atoms with Crippen molar-refractivity contribution in [1.29, 1.82) is 0 Å². The molecule has 2 amide bonds. The Morgan fingerprint density at radius 1 is 0.980 bits per heavy atom. The molecule has 2 saturated carbocycles. The molecule has 0 spiro atoms. The molecule has 12 heteroatoms. The third kappa shape index (κ3) is 6.98. The number of nitrogens with zero attached hydrogens (tertiary/aromatic N) is 3. The summed E-state index contributed by atoms with van der Waals surface area (Å²) in [7, 11) is -2.02. The summed E-state index contributed by atoms with van der Waals surface area (Å²) in [5.74, 6) is 0.832. The average molecular weight is 707 g/mol. The molecule has 2 aliphatic heterocycles. The number of carbonyl (C=O) groups is 2. The highest BCUT2D eigenvalue weighted by Gasteiger charge is 2.58. The fraction of sp³-hybridized carbons (Fsp3) is 0.579. The van der Waals surface area contributed by atoms with E-state index in [2.05, 4.69) is 21.4 Å². The molecule has 11 nitrogen and oxygen atoms in total. The van der Waals surface area contributed by atoms with Gasteiger partial charge in [0.2, 0.25) is 10.0 Å². The maximum atomic E-state index is 13.1. The summed E-state index contributed by atoms with van der Waals surface area (Å²) >= 11 is 0. The topological polar surface area (TPSA) is 119 Å². The molecule has 7 rings (SSSR count). The minimum absolute atomic E-state index is 0.204. The Morgan fingerprint density at radius 3 is 2.48 bits per heavy atom. The Bertz CT molecular complexity index is 1910. The van der Waals surface area contributed by atoms with Gasteiger partial charge in [-0.3, -0.25) is 9.63 Å². The largest absolute Gasteiger partial charge is 0.497 e. The van der Waals surface area contributed by atoms with Crippen LogP contribution in [0.15, 0.2) is 36.4 Å². The highest BCUT2D eigenvalue weighted by Crippen LogP contribution is 2.65. The maximum Gasteiger partial charge on any atom is 0.410 e. The van der Waals surface area contributed by atoms with Gasteiger partial charge in [0.1, 0.15) is 11.4 Å². The second-order valence-electron chi connectivity index (χ2n) is 15.7. The SMILES string of the molecule is COc1ccc2c(c1)C1CC1(CON1CCCN(C(=O)OC(C)(C)C)CC1)Cn1c-2c(C2CCCCC2)c2ccc(C(=O)NS(C)(=O)=O)cc21. The maximum absolute atomic E-state index is 13.1. The number of nitrogens with one attached hydrogen (secondary N) is 1. The van der Waals surface area contributed by atoms with E-state index in [1.54, 1.807) is 18.1 Å². The van der Waals surface area contributed by atoms with E-state index in [0.717, 1.165) is 48.6 Å². The van der Waals surface area contributed by atoms with Gasteiger partial charge in [0, 0.05) is 60.2 Å². The van der Waals surface area contributed by atoms with E-state index in [9.17, 15) is 18.0 Å². The molecule has 1 saturated heterocycles. The van der Waals surface area contributed by atoms with E-state index < -0.39 is 21.5 Å². The van der Waals surface area contributed by atoms with Crippen LogP contribution in [0.3, 0.4) is 0 Å². The molecule has 2 aliphatic carbocycles. The molecular formula is C38H50N4O7S. The minimum atomic E-state index is -3.72. The van der Waals surface area contributed by atoms with Gasteiger partial charge in [0.25, 0.3) is 5.91 Å². The van der Waals surface area contributed by atoms with Crippen LogP contribution in [0.5, 0.6) is 5.75 Å². The van der Waals surface area contributed by atoms with Crippen LogP contribution in [0, 0.1) is 5.41 Å². The van der Waals surface area contributed by atoms with E-state index in [-0.39, 0.29) is 17.4 Å². The Labute approximate surface area is 295 Å². The van der Waals surface area contributed by atoms with Crippen LogP contribution in [-0.4, -0.2) is 86.7 Å². The van der Waals surface area contributed by atoms with Crippen molar-refractivity contribution in [3.8, 4) is 17.0 Å². The fourth-order valence-electron chi connectivity index (χ4n) is 8.41. The number of ether oxygens (including phenoxy) is 2. The van der Waals surface area contributed by atoms with Crippen molar-refractivity contribution in [3.63, 3.8) is 0 Å². The molecule has 2 unspecified atom stereocenters. The number of rotatable bonds is 7. The lowest BCUT2D eigenvalue weighted by Crippen LogP contribution is -2.39. The van der Waals surface area contributed by atoms with Crippen molar-refractivity contribution in [1.82, 2.24) is 19.3 Å². The molecule has 4 aliphatic rings. The van der Waals surface area contributed by atoms with Gasteiger partial charge in [-0.15, -0.1) is 0 Å². The third-order valence-corrected chi connectivity index (χ3v) is 11.4. The molecule has 0 radical (unpaired) electrons. The molecule has 2 aromatic carbocycles. The Morgan fingerprint density at radius 2 is 1.76 bits per heavy atom. The zero-order chi connectivity index (χ0) is 35.4. The number of sulfonamides is 1. The second-order valence-corrected chi connectivity index (χ2v) is 17.5. The van der Waals surface area contributed by atoms with Crippen molar-refractivity contribution in [2.75, 3.05) is 46.2 Å². The summed E-state index contributed by atoms with van der Waals surface area (Å²) in [6.07, 6.45) is 8.26. The first-order valence-corrected chi connectivity index (χ1v) is 19.9. The van der Waals surface area contributed by atoms with Crippen molar-refractivity contribution >= 4 is 32.9 Å². The first-order chi connectivity index (χ1) is 23.7. The highest BCUT2D eigenvalue weighted by atomic mass is 32.2. The van der Waals surface area contributed by atoms with Gasteiger partial charge < -0.3 is 18.9 Å². The van der Waals surface area contributed by atoms with Crippen molar-refractivity contribution in [2.24, 2.45) is 5.41 Å². The lowest BCUT2D eigenvalue weighted by molar-refractivity contribution is -0.171. The van der Waals surface area contributed by atoms with Gasteiger partial charge in [-0.25, -0.2) is 17.9 Å². The number of amides is 2. The molecule has 1 N–H and O–H groups in total. The monoisotopic (exact) mass is 706 g/mol. The smallest absolute Gasteiger partial charge is 0.410 e. The second kappa shape index (κ2) is 13.2. The average Bonchev–Trinajstić information content (AvgIpc) is 3.77. The molecule has 3 aromatic rings. The van der Waals surface area contributed by atoms with Crippen LogP contribution < -0.4 is 9.46 Å². The Hall–Kier alpha value is -3.61. The summed E-state index contributed by atoms with van der Waals surface area (Å²) in [4.78, 5) is 34.3. The van der Waals surface area contributed by atoms with Crippen LogP contribution >= 0.6 is 0 Å². The summed E-state index contributed by atoms with van der Waals surface area (Å²) in [5, 5.41) is 3.12. The summed E-state index contributed by atoms with van der Waals surface area (Å²) in [6, 6.07) is 12.1. The first-order valence-electron chi connectivity index (χ1n) is 18.0. The van der Waals surface area contributed by atoms with Gasteiger partial charge in [-0.1, -0.05) is 25.3 Å². The zero-order valence-corrected chi connectivity index (χ0v) is 30.7. The van der Waals surface area contributed by atoms with Crippen LogP contribution in [0.2, 0.25) is 0 Å². The van der Waals surface area contributed by atoms with E-state index in [4.69, 9.17) is 14.3 Å². The third-order valence-electron chi connectivity index (χ3n) is 10.9. The van der Waals surface area contributed by atoms with Crippen LogP contribution in [0.4, 0.5) is 4.79 Å². The number of benzene rings is 2. The molecule has 1 aromatic heterocycles. The molecule has 50 heavy (non-hydrogen) atoms. The van der Waals surface area contributed by atoms with Gasteiger partial charge in [0.05, 0.1) is 25.7 Å². The van der Waals surface area contributed by atoms with Crippen molar-refractivity contribution in [2.45, 2.75) is 89.7 Å². The molecule has 0 bridgehead atoms. The van der Waals surface area contributed by atoms with E-state index >= 15 is 0 Å². The number of hydrogen-bond acceptors (Lipinski definition) is 8. The molecule has 270 valence electrons. The normalized spacial score (nSPS) is 22.9. The standard InChI is InChI=1S/C38H50N4O7S/c1-37(2,3)49-36(44)40-16-9-17-41(19-18-40)48-24-38-22-31(38)30-21-27(47-4)13-15-28(30)34-33(25-10-7-6-8-11-25)29-14-12-26(20-32(29)42(34)23-38)35(43)39-50(5,45)46/h12-15,20-21,25,31H,6-11,16-19,22-24H2,1-5H3,(H,39,43). The lowest BCUT2D eigenvalue weighted by Gasteiger charge is -2.27. The summed E-state index contributed by atoms with van der Waals surface area (Å²) in [5.41, 5.74) is 5.48. The Balaban J connectivity index is 1.26.